The third-order valence-electron chi connectivity index (χ3n) is 2.37. The van der Waals surface area contributed by atoms with Crippen molar-refractivity contribution in [1.29, 1.82) is 0 Å². The Morgan fingerprint density at radius 3 is 3.00 bits per heavy atom. The summed E-state index contributed by atoms with van der Waals surface area (Å²) >= 11 is 0. The average Bonchev–Trinajstić information content (AvgIpc) is 2.60. The number of amides is 2. The van der Waals surface area contributed by atoms with Crippen LogP contribution in [0.4, 0.5) is 0 Å². The van der Waals surface area contributed by atoms with Crippen molar-refractivity contribution in [2.45, 2.75) is 38.3 Å². The fourth-order valence-corrected chi connectivity index (χ4v) is 1.31. The van der Waals surface area contributed by atoms with Gasteiger partial charge in [-0.2, -0.15) is 0 Å². The van der Waals surface area contributed by atoms with Gasteiger partial charge in [0.15, 0.2) is 0 Å². The summed E-state index contributed by atoms with van der Waals surface area (Å²) in [6, 6.07) is -0.359. The van der Waals surface area contributed by atoms with Gasteiger partial charge in [-0.05, 0) is 12.8 Å². The molecule has 2 amide bonds. The molecule has 1 fully saturated rings. The van der Waals surface area contributed by atoms with Gasteiger partial charge in [0.1, 0.15) is 6.04 Å². The highest BCUT2D eigenvalue weighted by Crippen LogP contribution is 2.05. The SMILES string of the molecule is CCC(N)CNC(=O)[C@H]1CCC(=O)N1. The number of hydrogen-bond acceptors (Lipinski definition) is 3. The lowest BCUT2D eigenvalue weighted by Crippen LogP contribution is -2.45. The standard InChI is InChI=1S/C9H17N3O2/c1-2-6(10)5-11-9(14)7-3-4-8(13)12-7/h6-7H,2-5,10H2,1H3,(H,11,14)(H,12,13)/t6?,7-/m1/s1. The Bertz CT molecular complexity index is 230. The summed E-state index contributed by atoms with van der Waals surface area (Å²) in [7, 11) is 0. The number of rotatable bonds is 4. The normalized spacial score (nSPS) is 23.0. The largest absolute Gasteiger partial charge is 0.353 e. The van der Waals surface area contributed by atoms with E-state index in [0.717, 1.165) is 6.42 Å². The number of nitrogens with two attached hydrogens (primary N) is 1. The zero-order valence-corrected chi connectivity index (χ0v) is 8.38. The van der Waals surface area contributed by atoms with Gasteiger partial charge < -0.3 is 16.4 Å². The Morgan fingerprint density at radius 2 is 2.50 bits per heavy atom. The predicted molar refractivity (Wildman–Crippen MR) is 52.4 cm³/mol. The van der Waals surface area contributed by atoms with Crippen LogP contribution in [-0.4, -0.2) is 30.4 Å². The fraction of sp³-hybridized carbons (Fsp3) is 0.778. The first-order valence-electron chi connectivity index (χ1n) is 4.96. The van der Waals surface area contributed by atoms with E-state index < -0.39 is 0 Å². The molecule has 0 spiro atoms. The van der Waals surface area contributed by atoms with Crippen molar-refractivity contribution in [2.75, 3.05) is 6.54 Å². The Kier molecular flexibility index (Phi) is 3.88. The minimum atomic E-state index is -0.355. The maximum absolute atomic E-state index is 11.4. The van der Waals surface area contributed by atoms with Crippen molar-refractivity contribution < 1.29 is 9.59 Å². The third kappa shape index (κ3) is 2.99. The van der Waals surface area contributed by atoms with Gasteiger partial charge in [0.05, 0.1) is 0 Å². The monoisotopic (exact) mass is 199 g/mol. The van der Waals surface area contributed by atoms with E-state index in [1.54, 1.807) is 0 Å². The van der Waals surface area contributed by atoms with E-state index in [4.69, 9.17) is 5.73 Å². The smallest absolute Gasteiger partial charge is 0.242 e. The highest BCUT2D eigenvalue weighted by atomic mass is 16.2. The second-order valence-electron chi connectivity index (χ2n) is 3.57. The highest BCUT2D eigenvalue weighted by Gasteiger charge is 2.26. The number of carbonyl (C=O) groups is 2. The molecule has 1 rings (SSSR count). The van der Waals surface area contributed by atoms with E-state index >= 15 is 0 Å². The van der Waals surface area contributed by atoms with E-state index in [0.29, 0.717) is 19.4 Å². The molecule has 14 heavy (non-hydrogen) atoms. The molecule has 0 saturated carbocycles. The second kappa shape index (κ2) is 4.95. The molecule has 0 aliphatic carbocycles. The van der Waals surface area contributed by atoms with Crippen LogP contribution in [-0.2, 0) is 9.59 Å². The summed E-state index contributed by atoms with van der Waals surface area (Å²) in [6.45, 7) is 2.44. The van der Waals surface area contributed by atoms with Gasteiger partial charge in [-0.15, -0.1) is 0 Å². The fourth-order valence-electron chi connectivity index (χ4n) is 1.31. The highest BCUT2D eigenvalue weighted by molar-refractivity contribution is 5.90. The first-order valence-corrected chi connectivity index (χ1v) is 4.96. The van der Waals surface area contributed by atoms with Gasteiger partial charge in [0.25, 0.3) is 0 Å². The molecule has 0 bridgehead atoms. The summed E-state index contributed by atoms with van der Waals surface area (Å²) in [5.41, 5.74) is 5.65. The molecule has 0 aromatic rings. The summed E-state index contributed by atoms with van der Waals surface area (Å²) in [4.78, 5) is 22.3. The molecule has 1 unspecified atom stereocenters. The van der Waals surface area contributed by atoms with E-state index in [2.05, 4.69) is 10.6 Å². The molecule has 0 radical (unpaired) electrons. The lowest BCUT2D eigenvalue weighted by molar-refractivity contribution is -0.125. The molecule has 4 N–H and O–H groups in total. The zero-order valence-electron chi connectivity index (χ0n) is 8.38. The number of carbonyl (C=O) groups excluding carboxylic acids is 2. The lowest BCUT2D eigenvalue weighted by atomic mass is 10.2. The predicted octanol–water partition coefficient (Wildman–Crippen LogP) is -0.881. The maximum atomic E-state index is 11.4. The van der Waals surface area contributed by atoms with Crippen LogP contribution >= 0.6 is 0 Å². The average molecular weight is 199 g/mol. The quantitative estimate of drug-likeness (QED) is 0.549. The third-order valence-corrected chi connectivity index (χ3v) is 2.37. The molecule has 80 valence electrons. The summed E-state index contributed by atoms with van der Waals surface area (Å²) < 4.78 is 0. The van der Waals surface area contributed by atoms with Gasteiger partial charge in [-0.3, -0.25) is 9.59 Å². The maximum Gasteiger partial charge on any atom is 0.242 e. The summed E-state index contributed by atoms with van der Waals surface area (Å²) in [6.07, 6.45) is 1.86. The zero-order chi connectivity index (χ0) is 10.6. The minimum Gasteiger partial charge on any atom is -0.353 e. The van der Waals surface area contributed by atoms with Crippen LogP contribution in [0.5, 0.6) is 0 Å². The summed E-state index contributed by atoms with van der Waals surface area (Å²) in [5.74, 6) is -0.176. The molecular weight excluding hydrogens is 182 g/mol. The van der Waals surface area contributed by atoms with Crippen LogP contribution in [0.25, 0.3) is 0 Å². The molecule has 2 atom stereocenters. The molecule has 0 aromatic heterocycles. The van der Waals surface area contributed by atoms with Gasteiger partial charge >= 0.3 is 0 Å². The minimum absolute atomic E-state index is 0.00365. The first-order chi connectivity index (χ1) is 6.63. The molecule has 5 nitrogen and oxygen atoms in total. The Morgan fingerprint density at radius 1 is 1.79 bits per heavy atom. The molecule has 1 aliphatic rings. The van der Waals surface area contributed by atoms with Crippen LogP contribution in [0.3, 0.4) is 0 Å². The van der Waals surface area contributed by atoms with Crippen molar-refractivity contribution in [1.82, 2.24) is 10.6 Å². The number of nitrogens with one attached hydrogen (secondary N) is 2. The molecule has 5 heteroatoms. The second-order valence-corrected chi connectivity index (χ2v) is 3.57. The van der Waals surface area contributed by atoms with Crippen LogP contribution in [0.15, 0.2) is 0 Å². The van der Waals surface area contributed by atoms with E-state index in [9.17, 15) is 9.59 Å². The Labute approximate surface area is 83.4 Å². The van der Waals surface area contributed by atoms with Crippen molar-refractivity contribution in [2.24, 2.45) is 5.73 Å². The first kappa shape index (κ1) is 11.0. The van der Waals surface area contributed by atoms with E-state index in [1.807, 2.05) is 6.92 Å². The van der Waals surface area contributed by atoms with Gasteiger partial charge in [0, 0.05) is 19.0 Å². The Balaban J connectivity index is 2.25. The van der Waals surface area contributed by atoms with Crippen molar-refractivity contribution in [3.63, 3.8) is 0 Å². The summed E-state index contributed by atoms with van der Waals surface area (Å²) in [5, 5.41) is 5.32. The number of hydrogen-bond donors (Lipinski definition) is 3. The van der Waals surface area contributed by atoms with Crippen molar-refractivity contribution in [3.05, 3.63) is 0 Å². The van der Waals surface area contributed by atoms with Crippen molar-refractivity contribution >= 4 is 11.8 Å². The lowest BCUT2D eigenvalue weighted by Gasteiger charge is -2.13. The van der Waals surface area contributed by atoms with Crippen LogP contribution in [0.2, 0.25) is 0 Å². The molecule has 1 saturated heterocycles. The van der Waals surface area contributed by atoms with Crippen LogP contribution in [0, 0.1) is 0 Å². The van der Waals surface area contributed by atoms with Gasteiger partial charge in [0.2, 0.25) is 11.8 Å². The van der Waals surface area contributed by atoms with Gasteiger partial charge in [-0.25, -0.2) is 0 Å². The molecule has 1 heterocycles. The van der Waals surface area contributed by atoms with E-state index in [-0.39, 0.29) is 23.9 Å². The molecular formula is C9H17N3O2. The Hall–Kier alpha value is -1.10. The van der Waals surface area contributed by atoms with Gasteiger partial charge in [-0.1, -0.05) is 6.92 Å². The molecule has 1 aliphatic heterocycles. The topological polar surface area (TPSA) is 84.2 Å². The van der Waals surface area contributed by atoms with Crippen molar-refractivity contribution in [3.8, 4) is 0 Å². The van der Waals surface area contributed by atoms with Crippen LogP contribution < -0.4 is 16.4 Å². The van der Waals surface area contributed by atoms with Crippen LogP contribution in [0.1, 0.15) is 26.2 Å². The van der Waals surface area contributed by atoms with E-state index in [1.165, 1.54) is 0 Å². The molecule has 0 aromatic carbocycles.